The zero-order valence-electron chi connectivity index (χ0n) is 9.48. The lowest BCUT2D eigenvalue weighted by Crippen LogP contribution is -2.49. The van der Waals surface area contributed by atoms with Gasteiger partial charge in [0.2, 0.25) is 0 Å². The van der Waals surface area contributed by atoms with Crippen LogP contribution in [-0.4, -0.2) is 21.2 Å². The lowest BCUT2D eigenvalue weighted by Gasteiger charge is -2.41. The molecule has 0 unspecified atom stereocenters. The van der Waals surface area contributed by atoms with E-state index in [1.807, 2.05) is 0 Å². The Hall–Kier alpha value is 0.430. The molecule has 0 radical (unpaired) electrons. The second-order valence-electron chi connectivity index (χ2n) is 6.64. The van der Waals surface area contributed by atoms with Crippen LogP contribution in [0, 0.1) is 41.4 Å². The second-order valence-corrected chi connectivity index (χ2v) is 8.68. The molecular formula is C13H14Br2O2. The van der Waals surface area contributed by atoms with Crippen molar-refractivity contribution in [1.29, 1.82) is 0 Å². The standard InChI is InChI=1S/C13H14Br2O2/c1-3(16)17-13-9-5-2-4-6(7(5)12(13)15)10(13)11(14)8(4)9/h4-12H,2H2,1H3/t4-,5+,6-,7+,8-,9-,10-,11-,12-,13+/m0/s1. The summed E-state index contributed by atoms with van der Waals surface area (Å²) in [6, 6.07) is 0. The summed E-state index contributed by atoms with van der Waals surface area (Å²) in [5.74, 6) is 5.28. The third-order valence-corrected chi connectivity index (χ3v) is 9.11. The maximum absolute atomic E-state index is 11.5. The minimum absolute atomic E-state index is 0.0924. The summed E-state index contributed by atoms with van der Waals surface area (Å²) in [7, 11) is 0. The molecule has 10 atom stereocenters. The molecule has 6 aliphatic rings. The average molecular weight is 362 g/mol. The molecule has 6 rings (SSSR count). The predicted molar refractivity (Wildman–Crippen MR) is 69.0 cm³/mol. The molecular weight excluding hydrogens is 348 g/mol. The fourth-order valence-corrected chi connectivity index (χ4v) is 9.81. The molecule has 6 aliphatic carbocycles. The summed E-state index contributed by atoms with van der Waals surface area (Å²) in [5.41, 5.74) is -0.155. The van der Waals surface area contributed by atoms with Gasteiger partial charge in [0, 0.05) is 23.6 Å². The lowest BCUT2D eigenvalue weighted by atomic mass is 9.69. The molecule has 6 saturated carbocycles. The van der Waals surface area contributed by atoms with Crippen molar-refractivity contribution in [2.75, 3.05) is 0 Å². The summed E-state index contributed by atoms with van der Waals surface area (Å²) in [6.07, 6.45) is 1.40. The SMILES string of the molecule is CC(=O)O[C@]12[C@@H]3[C@@H](Br)[C@H]4[C@H]5C[C@H]([C@H]([C@H]53)[C@@H]1Br)[C@@H]42. The normalized spacial score (nSPS) is 72.1. The quantitative estimate of drug-likeness (QED) is 0.530. The molecule has 0 saturated heterocycles. The Morgan fingerprint density at radius 2 is 1.94 bits per heavy atom. The van der Waals surface area contributed by atoms with E-state index in [0.717, 1.165) is 29.6 Å². The predicted octanol–water partition coefficient (Wildman–Crippen LogP) is 2.59. The van der Waals surface area contributed by atoms with Gasteiger partial charge in [-0.1, -0.05) is 31.9 Å². The first-order valence-corrected chi connectivity index (χ1v) is 8.40. The number of rotatable bonds is 1. The first kappa shape index (κ1) is 10.2. The molecule has 6 fully saturated rings. The van der Waals surface area contributed by atoms with Crippen LogP contribution in [0.5, 0.6) is 0 Å². The van der Waals surface area contributed by atoms with Crippen LogP contribution in [0.2, 0.25) is 0 Å². The molecule has 92 valence electrons. The Labute approximate surface area is 117 Å². The first-order valence-electron chi connectivity index (χ1n) is 6.56. The van der Waals surface area contributed by atoms with Crippen LogP contribution in [0.25, 0.3) is 0 Å². The number of alkyl halides is 2. The maximum atomic E-state index is 11.5. The van der Waals surface area contributed by atoms with Gasteiger partial charge in [0.1, 0.15) is 5.60 Å². The van der Waals surface area contributed by atoms with Gasteiger partial charge in [-0.05, 0) is 36.0 Å². The van der Waals surface area contributed by atoms with E-state index in [4.69, 9.17) is 4.74 Å². The van der Waals surface area contributed by atoms with Crippen LogP contribution < -0.4 is 0 Å². The first-order chi connectivity index (χ1) is 8.09. The van der Waals surface area contributed by atoms with Gasteiger partial charge < -0.3 is 4.74 Å². The van der Waals surface area contributed by atoms with Gasteiger partial charge in [0.05, 0.1) is 4.83 Å². The van der Waals surface area contributed by atoms with Gasteiger partial charge in [-0.3, -0.25) is 4.79 Å². The van der Waals surface area contributed by atoms with Crippen molar-refractivity contribution >= 4 is 37.8 Å². The summed E-state index contributed by atoms with van der Waals surface area (Å²) < 4.78 is 5.94. The Balaban J connectivity index is 1.74. The molecule has 0 amide bonds. The van der Waals surface area contributed by atoms with Crippen molar-refractivity contribution in [3.05, 3.63) is 0 Å². The minimum Gasteiger partial charge on any atom is -0.457 e. The number of esters is 1. The zero-order chi connectivity index (χ0) is 11.7. The van der Waals surface area contributed by atoms with Crippen LogP contribution in [0.4, 0.5) is 0 Å². The number of carbonyl (C=O) groups is 1. The zero-order valence-corrected chi connectivity index (χ0v) is 12.6. The number of halogens is 2. The summed E-state index contributed by atoms with van der Waals surface area (Å²) >= 11 is 7.83. The summed E-state index contributed by atoms with van der Waals surface area (Å²) in [4.78, 5) is 12.6. The number of carbonyl (C=O) groups excluding carboxylic acids is 1. The van der Waals surface area contributed by atoms with Crippen LogP contribution in [0.1, 0.15) is 13.3 Å². The Morgan fingerprint density at radius 3 is 2.65 bits per heavy atom. The fraction of sp³-hybridized carbons (Fsp3) is 0.923. The van der Waals surface area contributed by atoms with Gasteiger partial charge >= 0.3 is 5.97 Å². The third-order valence-electron chi connectivity index (χ3n) is 6.60. The number of hydrogen-bond donors (Lipinski definition) is 0. The molecule has 0 heterocycles. The molecule has 17 heavy (non-hydrogen) atoms. The lowest BCUT2D eigenvalue weighted by molar-refractivity contribution is -0.167. The molecule has 2 nitrogen and oxygen atoms in total. The van der Waals surface area contributed by atoms with E-state index in [1.165, 1.54) is 6.42 Å². The van der Waals surface area contributed by atoms with Gasteiger partial charge in [0.25, 0.3) is 0 Å². The maximum Gasteiger partial charge on any atom is 0.303 e. The van der Waals surface area contributed by atoms with Crippen LogP contribution in [0.3, 0.4) is 0 Å². The highest BCUT2D eigenvalue weighted by Crippen LogP contribution is 2.86. The molecule has 0 aliphatic heterocycles. The molecule has 4 heteroatoms. The van der Waals surface area contributed by atoms with Crippen LogP contribution in [0.15, 0.2) is 0 Å². The van der Waals surface area contributed by atoms with Crippen molar-refractivity contribution in [1.82, 2.24) is 0 Å². The van der Waals surface area contributed by atoms with Crippen molar-refractivity contribution in [3.63, 3.8) is 0 Å². The monoisotopic (exact) mass is 360 g/mol. The van der Waals surface area contributed by atoms with Crippen LogP contribution in [-0.2, 0) is 9.53 Å². The molecule has 0 N–H and O–H groups in total. The largest absolute Gasteiger partial charge is 0.457 e. The van der Waals surface area contributed by atoms with Gasteiger partial charge in [-0.2, -0.15) is 0 Å². The molecule has 0 spiro atoms. The highest BCUT2D eigenvalue weighted by atomic mass is 79.9. The Bertz CT molecular complexity index is 449. The van der Waals surface area contributed by atoms with E-state index < -0.39 is 0 Å². The van der Waals surface area contributed by atoms with Crippen molar-refractivity contribution in [2.24, 2.45) is 41.4 Å². The van der Waals surface area contributed by atoms with Crippen molar-refractivity contribution in [2.45, 2.75) is 28.6 Å². The second kappa shape index (κ2) is 2.65. The van der Waals surface area contributed by atoms with E-state index in [2.05, 4.69) is 31.9 Å². The van der Waals surface area contributed by atoms with Crippen LogP contribution >= 0.6 is 31.9 Å². The molecule has 0 aromatic carbocycles. The topological polar surface area (TPSA) is 26.3 Å². The summed E-state index contributed by atoms with van der Waals surface area (Å²) in [5, 5.41) is 0. The smallest absolute Gasteiger partial charge is 0.303 e. The van der Waals surface area contributed by atoms with E-state index in [-0.39, 0.29) is 11.6 Å². The molecule has 0 aromatic heterocycles. The van der Waals surface area contributed by atoms with Crippen molar-refractivity contribution in [3.8, 4) is 0 Å². The fourth-order valence-electron chi connectivity index (χ4n) is 6.87. The van der Waals surface area contributed by atoms with E-state index in [1.54, 1.807) is 6.92 Å². The molecule has 0 aromatic rings. The van der Waals surface area contributed by atoms with E-state index in [9.17, 15) is 4.79 Å². The van der Waals surface area contributed by atoms with E-state index >= 15 is 0 Å². The highest BCUT2D eigenvalue weighted by molar-refractivity contribution is 9.10. The number of ether oxygens (including phenoxy) is 1. The van der Waals surface area contributed by atoms with Gasteiger partial charge in [-0.15, -0.1) is 0 Å². The van der Waals surface area contributed by atoms with Gasteiger partial charge in [-0.25, -0.2) is 0 Å². The summed E-state index contributed by atoms with van der Waals surface area (Å²) in [6.45, 7) is 1.57. The van der Waals surface area contributed by atoms with Gasteiger partial charge in [0.15, 0.2) is 0 Å². The third kappa shape index (κ3) is 0.752. The highest BCUT2D eigenvalue weighted by Gasteiger charge is 2.90. The molecule has 6 bridgehead atoms. The minimum atomic E-state index is -0.155. The Kier molecular flexibility index (Phi) is 1.60. The Morgan fingerprint density at radius 1 is 1.18 bits per heavy atom. The van der Waals surface area contributed by atoms with E-state index in [0.29, 0.717) is 21.5 Å². The number of hydrogen-bond acceptors (Lipinski definition) is 2. The van der Waals surface area contributed by atoms with Crippen molar-refractivity contribution < 1.29 is 9.53 Å². The average Bonchev–Trinajstić information content (AvgIpc) is 2.93.